The van der Waals surface area contributed by atoms with Gasteiger partial charge in [-0.1, -0.05) is 35.9 Å². The number of anilines is 1. The standard InChI is InChI=1S/C14H17ClN4O/c1-19-14(20)13(15)12(9-18-19)17-8-11-4-2-10(3-5-11)6-7-16/h2-5,9,17H,6-8,16H2,1H3. The number of aryl methyl sites for hydroxylation is 1. The van der Waals surface area contributed by atoms with Crippen molar-refractivity contribution in [3.05, 3.63) is 57.0 Å². The van der Waals surface area contributed by atoms with E-state index in [9.17, 15) is 4.79 Å². The summed E-state index contributed by atoms with van der Waals surface area (Å²) in [6, 6.07) is 8.16. The first kappa shape index (κ1) is 14.6. The van der Waals surface area contributed by atoms with Gasteiger partial charge in [0.15, 0.2) is 0 Å². The molecule has 1 aromatic heterocycles. The van der Waals surface area contributed by atoms with Gasteiger partial charge in [0.2, 0.25) is 0 Å². The summed E-state index contributed by atoms with van der Waals surface area (Å²) < 4.78 is 1.20. The van der Waals surface area contributed by atoms with Gasteiger partial charge >= 0.3 is 0 Å². The Morgan fingerprint density at radius 3 is 2.60 bits per heavy atom. The molecule has 1 heterocycles. The van der Waals surface area contributed by atoms with E-state index in [0.717, 1.165) is 12.0 Å². The molecule has 0 bridgehead atoms. The van der Waals surface area contributed by atoms with Gasteiger partial charge in [-0.05, 0) is 24.1 Å². The summed E-state index contributed by atoms with van der Waals surface area (Å²) in [6.07, 6.45) is 2.42. The molecule has 20 heavy (non-hydrogen) atoms. The molecule has 0 aliphatic carbocycles. The zero-order valence-electron chi connectivity index (χ0n) is 11.3. The number of halogens is 1. The van der Waals surface area contributed by atoms with Gasteiger partial charge in [-0.3, -0.25) is 4.79 Å². The Hall–Kier alpha value is -1.85. The van der Waals surface area contributed by atoms with Gasteiger partial charge in [-0.25, -0.2) is 4.68 Å². The Morgan fingerprint density at radius 2 is 1.95 bits per heavy atom. The lowest BCUT2D eigenvalue weighted by Crippen LogP contribution is -2.21. The molecule has 1 aromatic carbocycles. The molecular weight excluding hydrogens is 276 g/mol. The Kier molecular flexibility index (Phi) is 4.76. The molecule has 3 N–H and O–H groups in total. The van der Waals surface area contributed by atoms with Crippen LogP contribution in [0.25, 0.3) is 0 Å². The third-order valence-corrected chi connectivity index (χ3v) is 3.38. The summed E-state index contributed by atoms with van der Waals surface area (Å²) in [5, 5.41) is 7.20. The van der Waals surface area contributed by atoms with Crippen molar-refractivity contribution in [2.75, 3.05) is 11.9 Å². The number of hydrogen-bond acceptors (Lipinski definition) is 4. The number of benzene rings is 1. The number of nitrogens with one attached hydrogen (secondary N) is 1. The highest BCUT2D eigenvalue weighted by molar-refractivity contribution is 6.32. The lowest BCUT2D eigenvalue weighted by atomic mass is 10.1. The maximum absolute atomic E-state index is 11.6. The van der Waals surface area contributed by atoms with Crippen LogP contribution < -0.4 is 16.6 Å². The van der Waals surface area contributed by atoms with Gasteiger partial charge in [-0.15, -0.1) is 0 Å². The van der Waals surface area contributed by atoms with Crippen molar-refractivity contribution >= 4 is 17.3 Å². The minimum Gasteiger partial charge on any atom is -0.378 e. The van der Waals surface area contributed by atoms with E-state index in [1.165, 1.54) is 10.2 Å². The first-order valence-electron chi connectivity index (χ1n) is 6.35. The molecule has 0 saturated carbocycles. The van der Waals surface area contributed by atoms with Gasteiger partial charge < -0.3 is 11.1 Å². The van der Waals surface area contributed by atoms with Crippen LogP contribution >= 0.6 is 11.6 Å². The van der Waals surface area contributed by atoms with Crippen molar-refractivity contribution in [3.63, 3.8) is 0 Å². The summed E-state index contributed by atoms with van der Waals surface area (Å²) >= 11 is 5.98. The zero-order chi connectivity index (χ0) is 14.5. The molecule has 0 spiro atoms. The molecule has 2 aromatic rings. The predicted molar refractivity (Wildman–Crippen MR) is 81.0 cm³/mol. The van der Waals surface area contributed by atoms with Crippen LogP contribution in [0.15, 0.2) is 35.3 Å². The van der Waals surface area contributed by atoms with Crippen LogP contribution in [0.4, 0.5) is 5.69 Å². The second-order valence-electron chi connectivity index (χ2n) is 4.51. The van der Waals surface area contributed by atoms with Crippen LogP contribution in [0, 0.1) is 0 Å². The average Bonchev–Trinajstić information content (AvgIpc) is 2.46. The Morgan fingerprint density at radius 1 is 1.30 bits per heavy atom. The molecule has 0 saturated heterocycles. The van der Waals surface area contributed by atoms with E-state index in [1.807, 2.05) is 24.3 Å². The molecule has 5 nitrogen and oxygen atoms in total. The van der Waals surface area contributed by atoms with Crippen LogP contribution in [0.3, 0.4) is 0 Å². The van der Waals surface area contributed by atoms with Gasteiger partial charge in [-0.2, -0.15) is 5.10 Å². The maximum atomic E-state index is 11.6. The topological polar surface area (TPSA) is 72.9 Å². The Bertz CT molecular complexity index is 637. The summed E-state index contributed by atoms with van der Waals surface area (Å²) in [7, 11) is 1.56. The molecule has 2 rings (SSSR count). The summed E-state index contributed by atoms with van der Waals surface area (Å²) in [4.78, 5) is 11.6. The van der Waals surface area contributed by atoms with Gasteiger partial charge in [0.1, 0.15) is 5.02 Å². The zero-order valence-corrected chi connectivity index (χ0v) is 12.0. The summed E-state index contributed by atoms with van der Waals surface area (Å²) in [5.74, 6) is 0. The quantitative estimate of drug-likeness (QED) is 0.877. The largest absolute Gasteiger partial charge is 0.378 e. The molecule has 0 aliphatic rings. The number of rotatable bonds is 5. The van der Waals surface area contributed by atoms with Crippen LogP contribution in [0.1, 0.15) is 11.1 Å². The van der Waals surface area contributed by atoms with Crippen molar-refractivity contribution in [3.8, 4) is 0 Å². The fourth-order valence-electron chi connectivity index (χ4n) is 1.82. The van der Waals surface area contributed by atoms with Crippen LogP contribution in [0.2, 0.25) is 5.02 Å². The molecule has 106 valence electrons. The molecule has 0 fully saturated rings. The van der Waals surface area contributed by atoms with Gasteiger partial charge in [0.25, 0.3) is 5.56 Å². The fourth-order valence-corrected chi connectivity index (χ4v) is 2.06. The molecule has 0 amide bonds. The summed E-state index contributed by atoms with van der Waals surface area (Å²) in [6.45, 7) is 1.23. The number of nitrogens with two attached hydrogens (primary N) is 1. The average molecular weight is 293 g/mol. The molecule has 6 heteroatoms. The lowest BCUT2D eigenvalue weighted by Gasteiger charge is -2.09. The smallest absolute Gasteiger partial charge is 0.287 e. The molecule has 0 unspecified atom stereocenters. The SMILES string of the molecule is Cn1ncc(NCc2ccc(CCN)cc2)c(Cl)c1=O. The summed E-state index contributed by atoms with van der Waals surface area (Å²) in [5.41, 5.74) is 8.05. The molecule has 0 aliphatic heterocycles. The van der Waals surface area contributed by atoms with Crippen LogP contribution in [-0.4, -0.2) is 16.3 Å². The van der Waals surface area contributed by atoms with Crippen LogP contribution in [0.5, 0.6) is 0 Å². The highest BCUT2D eigenvalue weighted by Crippen LogP contribution is 2.16. The van der Waals surface area contributed by atoms with Gasteiger partial charge in [0.05, 0.1) is 11.9 Å². The van der Waals surface area contributed by atoms with E-state index in [1.54, 1.807) is 13.2 Å². The maximum Gasteiger partial charge on any atom is 0.287 e. The molecule has 0 radical (unpaired) electrons. The Balaban J connectivity index is 2.05. The van der Waals surface area contributed by atoms with Crippen LogP contribution in [-0.2, 0) is 20.0 Å². The van der Waals surface area contributed by atoms with E-state index in [0.29, 0.717) is 18.8 Å². The number of hydrogen-bond donors (Lipinski definition) is 2. The van der Waals surface area contributed by atoms with Crippen molar-refractivity contribution < 1.29 is 0 Å². The van der Waals surface area contributed by atoms with Crippen molar-refractivity contribution in [2.24, 2.45) is 12.8 Å². The minimum atomic E-state index is -0.310. The van der Waals surface area contributed by atoms with E-state index in [2.05, 4.69) is 10.4 Å². The third-order valence-electron chi connectivity index (χ3n) is 3.02. The normalized spacial score (nSPS) is 10.6. The first-order valence-corrected chi connectivity index (χ1v) is 6.73. The van der Waals surface area contributed by atoms with Crippen molar-refractivity contribution in [1.29, 1.82) is 0 Å². The van der Waals surface area contributed by atoms with E-state index in [-0.39, 0.29) is 10.6 Å². The monoisotopic (exact) mass is 292 g/mol. The second-order valence-corrected chi connectivity index (χ2v) is 4.89. The fraction of sp³-hybridized carbons (Fsp3) is 0.286. The van der Waals surface area contributed by atoms with Crippen molar-refractivity contribution in [1.82, 2.24) is 9.78 Å². The van der Waals surface area contributed by atoms with Crippen molar-refractivity contribution in [2.45, 2.75) is 13.0 Å². The Labute approximate surface area is 122 Å². The number of aromatic nitrogens is 2. The highest BCUT2D eigenvalue weighted by atomic mass is 35.5. The first-order chi connectivity index (χ1) is 9.61. The van der Waals surface area contributed by atoms with E-state index in [4.69, 9.17) is 17.3 Å². The third kappa shape index (κ3) is 3.37. The van der Waals surface area contributed by atoms with E-state index < -0.39 is 0 Å². The highest BCUT2D eigenvalue weighted by Gasteiger charge is 2.06. The number of nitrogens with zero attached hydrogens (tertiary/aromatic N) is 2. The molecule has 0 atom stereocenters. The minimum absolute atomic E-state index is 0.155. The second kappa shape index (κ2) is 6.54. The predicted octanol–water partition coefficient (Wildman–Crippen LogP) is 1.55. The van der Waals surface area contributed by atoms with Gasteiger partial charge in [0, 0.05) is 13.6 Å². The van der Waals surface area contributed by atoms with E-state index >= 15 is 0 Å². The lowest BCUT2D eigenvalue weighted by molar-refractivity contribution is 0.708. The molecular formula is C14H17ClN4O.